The van der Waals surface area contributed by atoms with E-state index in [1.165, 1.54) is 6.92 Å². The van der Waals surface area contributed by atoms with E-state index in [0.717, 1.165) is 18.7 Å². The SMILES string of the molecule is COc1cccc(CN2CCOC(C)(C)C2)c1O[C@H](C)C(=O)O. The van der Waals surface area contributed by atoms with Gasteiger partial charge < -0.3 is 19.3 Å². The lowest BCUT2D eigenvalue weighted by Crippen LogP contribution is -2.47. The Kier molecular flexibility index (Phi) is 5.49. The lowest BCUT2D eigenvalue weighted by atomic mass is 10.1. The van der Waals surface area contributed by atoms with Crippen LogP contribution in [0, 0.1) is 0 Å². The lowest BCUT2D eigenvalue weighted by Gasteiger charge is -2.38. The number of morpholine rings is 1. The minimum absolute atomic E-state index is 0.188. The number of methoxy groups -OCH3 is 1. The van der Waals surface area contributed by atoms with Crippen LogP contribution in [-0.2, 0) is 16.1 Å². The standard InChI is InChI=1S/C17H25NO5/c1-12(16(19)20)23-15-13(6-5-7-14(15)21-4)10-18-8-9-22-17(2,3)11-18/h5-7,12H,8-11H2,1-4H3,(H,19,20)/t12-/m1/s1. The number of ether oxygens (including phenoxy) is 3. The first-order valence-electron chi connectivity index (χ1n) is 7.74. The van der Waals surface area contributed by atoms with E-state index in [2.05, 4.69) is 18.7 Å². The second kappa shape index (κ2) is 7.19. The average Bonchev–Trinajstić information content (AvgIpc) is 2.47. The summed E-state index contributed by atoms with van der Waals surface area (Å²) in [5.41, 5.74) is 0.724. The Bertz CT molecular complexity index is 558. The summed E-state index contributed by atoms with van der Waals surface area (Å²) >= 11 is 0. The Balaban J connectivity index is 2.22. The van der Waals surface area contributed by atoms with Crippen molar-refractivity contribution in [3.05, 3.63) is 23.8 Å². The van der Waals surface area contributed by atoms with Crippen LogP contribution in [0.3, 0.4) is 0 Å². The number of para-hydroxylation sites is 1. The molecule has 0 unspecified atom stereocenters. The number of hydrogen-bond acceptors (Lipinski definition) is 5. The molecule has 1 N–H and O–H groups in total. The van der Waals surface area contributed by atoms with Crippen LogP contribution in [0.2, 0.25) is 0 Å². The van der Waals surface area contributed by atoms with Crippen molar-refractivity contribution in [2.45, 2.75) is 39.0 Å². The molecule has 1 saturated heterocycles. The maximum absolute atomic E-state index is 11.1. The van der Waals surface area contributed by atoms with Crippen molar-refractivity contribution in [3.8, 4) is 11.5 Å². The molecule has 1 aromatic carbocycles. The molecule has 1 aliphatic rings. The topological polar surface area (TPSA) is 68.2 Å². The van der Waals surface area contributed by atoms with E-state index < -0.39 is 12.1 Å². The predicted molar refractivity (Wildman–Crippen MR) is 86.0 cm³/mol. The van der Waals surface area contributed by atoms with E-state index >= 15 is 0 Å². The van der Waals surface area contributed by atoms with E-state index in [4.69, 9.17) is 19.3 Å². The molecule has 0 radical (unpaired) electrons. The largest absolute Gasteiger partial charge is 0.493 e. The zero-order chi connectivity index (χ0) is 17.0. The molecule has 1 fully saturated rings. The van der Waals surface area contributed by atoms with Crippen molar-refractivity contribution in [2.24, 2.45) is 0 Å². The minimum atomic E-state index is -1.01. The fourth-order valence-electron chi connectivity index (χ4n) is 2.70. The van der Waals surface area contributed by atoms with Crippen LogP contribution in [0.1, 0.15) is 26.3 Å². The Morgan fingerprint density at radius 3 is 2.83 bits per heavy atom. The minimum Gasteiger partial charge on any atom is -0.493 e. The van der Waals surface area contributed by atoms with Gasteiger partial charge in [-0.15, -0.1) is 0 Å². The van der Waals surface area contributed by atoms with Crippen molar-refractivity contribution in [1.82, 2.24) is 4.90 Å². The van der Waals surface area contributed by atoms with Gasteiger partial charge in [-0.2, -0.15) is 0 Å². The number of aliphatic carboxylic acids is 1. The summed E-state index contributed by atoms with van der Waals surface area (Å²) in [7, 11) is 1.55. The summed E-state index contributed by atoms with van der Waals surface area (Å²) in [4.78, 5) is 13.4. The molecule has 6 heteroatoms. The number of benzene rings is 1. The molecule has 0 spiro atoms. The van der Waals surface area contributed by atoms with Gasteiger partial charge in [0.05, 0.1) is 19.3 Å². The molecule has 1 aliphatic heterocycles. The maximum atomic E-state index is 11.1. The molecule has 1 aromatic rings. The summed E-state index contributed by atoms with van der Waals surface area (Å²) in [5, 5.41) is 9.10. The number of carboxylic acid groups (broad SMARTS) is 1. The molecule has 0 aliphatic carbocycles. The second-order valence-corrected chi connectivity index (χ2v) is 6.37. The van der Waals surface area contributed by atoms with Crippen LogP contribution in [0.5, 0.6) is 11.5 Å². The number of carbonyl (C=O) groups is 1. The number of nitrogens with zero attached hydrogens (tertiary/aromatic N) is 1. The molecule has 128 valence electrons. The smallest absolute Gasteiger partial charge is 0.344 e. The molecule has 0 bridgehead atoms. The van der Waals surface area contributed by atoms with E-state index in [9.17, 15) is 4.79 Å². The molecule has 1 atom stereocenters. The number of carboxylic acids is 1. The zero-order valence-corrected chi connectivity index (χ0v) is 14.2. The third-order valence-electron chi connectivity index (χ3n) is 3.82. The molecule has 0 saturated carbocycles. The van der Waals surface area contributed by atoms with Gasteiger partial charge in [0.15, 0.2) is 17.6 Å². The Hall–Kier alpha value is -1.79. The van der Waals surface area contributed by atoms with Gasteiger partial charge in [0.2, 0.25) is 0 Å². The Morgan fingerprint density at radius 2 is 2.22 bits per heavy atom. The molecular formula is C17H25NO5. The van der Waals surface area contributed by atoms with Gasteiger partial charge in [0, 0.05) is 25.2 Å². The molecule has 1 heterocycles. The fourth-order valence-corrected chi connectivity index (χ4v) is 2.70. The number of hydrogen-bond donors (Lipinski definition) is 1. The maximum Gasteiger partial charge on any atom is 0.344 e. The highest BCUT2D eigenvalue weighted by atomic mass is 16.5. The van der Waals surface area contributed by atoms with Gasteiger partial charge in [0.25, 0.3) is 0 Å². The van der Waals surface area contributed by atoms with E-state index in [1.807, 2.05) is 12.1 Å². The van der Waals surface area contributed by atoms with Crippen LogP contribution in [0.25, 0.3) is 0 Å². The molecule has 23 heavy (non-hydrogen) atoms. The summed E-state index contributed by atoms with van der Waals surface area (Å²) in [5.74, 6) is 0.0340. The average molecular weight is 323 g/mol. The highest BCUT2D eigenvalue weighted by molar-refractivity contribution is 5.72. The summed E-state index contributed by atoms with van der Waals surface area (Å²) in [6.07, 6.45) is -0.939. The summed E-state index contributed by atoms with van der Waals surface area (Å²) < 4.78 is 16.7. The third-order valence-corrected chi connectivity index (χ3v) is 3.82. The van der Waals surface area contributed by atoms with Gasteiger partial charge in [0.1, 0.15) is 0 Å². The van der Waals surface area contributed by atoms with Crippen molar-refractivity contribution in [3.63, 3.8) is 0 Å². The van der Waals surface area contributed by atoms with Gasteiger partial charge >= 0.3 is 5.97 Å². The molecular weight excluding hydrogens is 298 g/mol. The van der Waals surface area contributed by atoms with Crippen LogP contribution >= 0.6 is 0 Å². The van der Waals surface area contributed by atoms with Gasteiger partial charge in [-0.1, -0.05) is 12.1 Å². The molecule has 6 nitrogen and oxygen atoms in total. The highest BCUT2D eigenvalue weighted by Crippen LogP contribution is 2.33. The van der Waals surface area contributed by atoms with Gasteiger partial charge in [-0.3, -0.25) is 4.90 Å². The normalized spacial score (nSPS) is 19.1. The first-order valence-corrected chi connectivity index (χ1v) is 7.74. The van der Waals surface area contributed by atoms with Crippen LogP contribution in [0.4, 0.5) is 0 Å². The van der Waals surface area contributed by atoms with Crippen molar-refractivity contribution < 1.29 is 24.1 Å². The zero-order valence-electron chi connectivity index (χ0n) is 14.2. The first-order chi connectivity index (χ1) is 10.8. The number of rotatable bonds is 6. The quantitative estimate of drug-likeness (QED) is 0.865. The van der Waals surface area contributed by atoms with E-state index in [1.54, 1.807) is 13.2 Å². The second-order valence-electron chi connectivity index (χ2n) is 6.37. The third kappa shape index (κ3) is 4.59. The monoisotopic (exact) mass is 323 g/mol. The fraction of sp³-hybridized carbons (Fsp3) is 0.588. The van der Waals surface area contributed by atoms with Gasteiger partial charge in [-0.05, 0) is 26.8 Å². The Labute approximate surface area is 136 Å². The van der Waals surface area contributed by atoms with Crippen molar-refractivity contribution >= 4 is 5.97 Å². The molecule has 0 aromatic heterocycles. The predicted octanol–water partition coefficient (Wildman–Crippen LogP) is 2.16. The van der Waals surface area contributed by atoms with Gasteiger partial charge in [-0.25, -0.2) is 4.79 Å². The molecule has 0 amide bonds. The highest BCUT2D eigenvalue weighted by Gasteiger charge is 2.28. The van der Waals surface area contributed by atoms with Crippen molar-refractivity contribution in [2.75, 3.05) is 26.8 Å². The van der Waals surface area contributed by atoms with E-state index in [0.29, 0.717) is 24.7 Å². The summed E-state index contributed by atoms with van der Waals surface area (Å²) in [6, 6.07) is 5.60. The lowest BCUT2D eigenvalue weighted by molar-refractivity contribution is -0.144. The van der Waals surface area contributed by atoms with Crippen LogP contribution < -0.4 is 9.47 Å². The summed E-state index contributed by atoms with van der Waals surface area (Å²) in [6.45, 7) is 8.61. The Morgan fingerprint density at radius 1 is 1.48 bits per heavy atom. The molecule has 2 rings (SSSR count). The van der Waals surface area contributed by atoms with Crippen molar-refractivity contribution in [1.29, 1.82) is 0 Å². The van der Waals surface area contributed by atoms with Crippen LogP contribution in [-0.4, -0.2) is 54.5 Å². The van der Waals surface area contributed by atoms with Crippen LogP contribution in [0.15, 0.2) is 18.2 Å². The van der Waals surface area contributed by atoms with E-state index in [-0.39, 0.29) is 5.60 Å². The first kappa shape index (κ1) is 17.6.